The molecule has 4 N–H and O–H groups in total. The SMILES string of the molecule is N#Cc1cccc(-c2ccc(Nc3nc(Nc4cccc(S(N)(=O)=O)c4)ncc3F)cc2)c1. The Morgan fingerprint density at radius 2 is 1.67 bits per heavy atom. The zero-order valence-electron chi connectivity index (χ0n) is 17.0. The third-order valence-electron chi connectivity index (χ3n) is 4.64. The molecule has 0 fully saturated rings. The Morgan fingerprint density at radius 3 is 2.39 bits per heavy atom. The number of rotatable bonds is 6. The molecule has 0 saturated carbocycles. The lowest BCUT2D eigenvalue weighted by molar-refractivity contribution is 0.598. The zero-order valence-corrected chi connectivity index (χ0v) is 17.8. The lowest BCUT2D eigenvalue weighted by Gasteiger charge is -2.11. The summed E-state index contributed by atoms with van der Waals surface area (Å²) in [5.74, 6) is -0.658. The molecule has 3 aromatic carbocycles. The third kappa shape index (κ3) is 5.30. The van der Waals surface area contributed by atoms with Crippen molar-refractivity contribution < 1.29 is 12.8 Å². The first-order valence-electron chi connectivity index (χ1n) is 9.62. The van der Waals surface area contributed by atoms with Crippen LogP contribution in [-0.2, 0) is 10.0 Å². The Morgan fingerprint density at radius 1 is 0.909 bits per heavy atom. The van der Waals surface area contributed by atoms with Gasteiger partial charge in [0.1, 0.15) is 0 Å². The summed E-state index contributed by atoms with van der Waals surface area (Å²) in [7, 11) is -3.87. The smallest absolute Gasteiger partial charge is 0.238 e. The molecule has 0 bridgehead atoms. The minimum absolute atomic E-state index is 0.0608. The molecular weight excluding hydrogens is 443 g/mol. The van der Waals surface area contributed by atoms with Crippen LogP contribution in [0, 0.1) is 17.1 Å². The predicted octanol–water partition coefficient (Wildman–Crippen LogP) is 4.29. The number of nitrogens with zero attached hydrogens (tertiary/aromatic N) is 3. The van der Waals surface area contributed by atoms with Crippen molar-refractivity contribution in [3.63, 3.8) is 0 Å². The summed E-state index contributed by atoms with van der Waals surface area (Å²) in [4.78, 5) is 7.95. The molecule has 0 unspecified atom stereocenters. The summed E-state index contributed by atoms with van der Waals surface area (Å²) >= 11 is 0. The average molecular weight is 460 g/mol. The van der Waals surface area contributed by atoms with Gasteiger partial charge in [0.05, 0.1) is 22.7 Å². The highest BCUT2D eigenvalue weighted by Crippen LogP contribution is 2.25. The second kappa shape index (κ2) is 9.04. The van der Waals surface area contributed by atoms with Crippen molar-refractivity contribution in [3.05, 3.63) is 90.4 Å². The van der Waals surface area contributed by atoms with Crippen LogP contribution in [0.25, 0.3) is 11.1 Å². The summed E-state index contributed by atoms with van der Waals surface area (Å²) in [5.41, 5.74) is 3.32. The molecule has 0 aliphatic heterocycles. The van der Waals surface area contributed by atoms with E-state index in [0.717, 1.165) is 17.3 Å². The van der Waals surface area contributed by atoms with E-state index in [9.17, 15) is 12.8 Å². The minimum atomic E-state index is -3.87. The maximum absolute atomic E-state index is 14.3. The van der Waals surface area contributed by atoms with Crippen molar-refractivity contribution in [2.75, 3.05) is 10.6 Å². The molecule has 1 heterocycles. The second-order valence-electron chi connectivity index (χ2n) is 6.98. The summed E-state index contributed by atoms with van der Waals surface area (Å²) in [6.07, 6.45) is 1.00. The largest absolute Gasteiger partial charge is 0.338 e. The molecule has 164 valence electrons. The van der Waals surface area contributed by atoms with Crippen LogP contribution in [0.15, 0.2) is 83.9 Å². The second-order valence-corrected chi connectivity index (χ2v) is 8.54. The number of aromatic nitrogens is 2. The summed E-state index contributed by atoms with van der Waals surface area (Å²) in [6.45, 7) is 0. The molecule has 4 aromatic rings. The van der Waals surface area contributed by atoms with Gasteiger partial charge < -0.3 is 10.6 Å². The number of primary sulfonamides is 1. The lowest BCUT2D eigenvalue weighted by Crippen LogP contribution is -2.12. The van der Waals surface area contributed by atoms with E-state index in [1.54, 1.807) is 30.3 Å². The highest BCUT2D eigenvalue weighted by molar-refractivity contribution is 7.89. The number of hydrogen-bond acceptors (Lipinski definition) is 7. The van der Waals surface area contributed by atoms with E-state index in [4.69, 9.17) is 10.4 Å². The predicted molar refractivity (Wildman–Crippen MR) is 123 cm³/mol. The number of sulfonamides is 1. The fourth-order valence-electron chi connectivity index (χ4n) is 3.05. The number of anilines is 4. The Hall–Kier alpha value is -4.33. The van der Waals surface area contributed by atoms with Crippen LogP contribution in [0.4, 0.5) is 27.5 Å². The average Bonchev–Trinajstić information content (AvgIpc) is 2.81. The lowest BCUT2D eigenvalue weighted by atomic mass is 10.0. The van der Waals surface area contributed by atoms with Gasteiger partial charge in [-0.2, -0.15) is 10.2 Å². The summed E-state index contributed by atoms with van der Waals surface area (Å²) in [5, 5.41) is 20.0. The maximum atomic E-state index is 14.3. The molecule has 0 saturated heterocycles. The van der Waals surface area contributed by atoms with Crippen molar-refractivity contribution in [2.45, 2.75) is 4.90 Å². The quantitative estimate of drug-likeness (QED) is 0.391. The van der Waals surface area contributed by atoms with E-state index in [0.29, 0.717) is 16.9 Å². The molecule has 0 amide bonds. The summed E-state index contributed by atoms with van der Waals surface area (Å²) in [6, 6.07) is 22.4. The van der Waals surface area contributed by atoms with Gasteiger partial charge in [0.2, 0.25) is 16.0 Å². The number of nitriles is 1. The molecule has 0 atom stereocenters. The Bertz CT molecular complexity index is 1470. The summed E-state index contributed by atoms with van der Waals surface area (Å²) < 4.78 is 37.4. The van der Waals surface area contributed by atoms with Crippen LogP contribution in [0.1, 0.15) is 5.56 Å². The van der Waals surface area contributed by atoms with Crippen LogP contribution < -0.4 is 15.8 Å². The van der Waals surface area contributed by atoms with Gasteiger partial charge in [-0.25, -0.2) is 22.9 Å². The van der Waals surface area contributed by atoms with Gasteiger partial charge in [0, 0.05) is 11.4 Å². The number of nitrogens with two attached hydrogens (primary N) is 1. The van der Waals surface area contributed by atoms with Gasteiger partial charge in [-0.05, 0) is 53.6 Å². The van der Waals surface area contributed by atoms with Crippen molar-refractivity contribution in [2.24, 2.45) is 5.14 Å². The third-order valence-corrected chi connectivity index (χ3v) is 5.55. The van der Waals surface area contributed by atoms with Crippen LogP contribution in [0.2, 0.25) is 0 Å². The number of benzene rings is 3. The Labute approximate surface area is 189 Å². The molecule has 10 heteroatoms. The van der Waals surface area contributed by atoms with Gasteiger partial charge in [0.25, 0.3) is 0 Å². The number of nitrogens with one attached hydrogen (secondary N) is 2. The van der Waals surface area contributed by atoms with Crippen molar-refractivity contribution in [3.8, 4) is 17.2 Å². The molecule has 8 nitrogen and oxygen atoms in total. The monoisotopic (exact) mass is 460 g/mol. The molecule has 0 spiro atoms. The molecule has 0 aliphatic rings. The highest BCUT2D eigenvalue weighted by Gasteiger charge is 2.11. The Balaban J connectivity index is 1.53. The molecule has 1 aromatic heterocycles. The Kier molecular flexibility index (Phi) is 5.99. The van der Waals surface area contributed by atoms with Crippen molar-refractivity contribution in [1.82, 2.24) is 9.97 Å². The molecule has 33 heavy (non-hydrogen) atoms. The minimum Gasteiger partial charge on any atom is -0.338 e. The van der Waals surface area contributed by atoms with Crippen molar-refractivity contribution in [1.29, 1.82) is 5.26 Å². The highest BCUT2D eigenvalue weighted by atomic mass is 32.2. The van der Waals surface area contributed by atoms with Crippen LogP contribution in [0.5, 0.6) is 0 Å². The molecular formula is C23H17FN6O2S. The van der Waals surface area contributed by atoms with E-state index in [-0.39, 0.29) is 16.7 Å². The molecule has 0 radical (unpaired) electrons. The standard InChI is InChI=1S/C23H17FN6O2S/c24-21-14-27-23(29-19-5-2-6-20(12-19)33(26,31)32)30-22(21)28-18-9-7-16(8-10-18)17-4-1-3-15(11-17)13-25/h1-12,14H,(H2,26,31,32)(H2,27,28,29,30). The van der Waals surface area contributed by atoms with Gasteiger partial charge in [-0.1, -0.05) is 30.3 Å². The van der Waals surface area contributed by atoms with Crippen molar-refractivity contribution >= 4 is 33.2 Å². The zero-order chi connectivity index (χ0) is 23.4. The maximum Gasteiger partial charge on any atom is 0.238 e. The van der Waals surface area contributed by atoms with Crippen LogP contribution in [0.3, 0.4) is 0 Å². The van der Waals surface area contributed by atoms with Gasteiger partial charge in [-0.15, -0.1) is 0 Å². The molecule has 0 aliphatic carbocycles. The van der Waals surface area contributed by atoms with E-state index in [1.807, 2.05) is 24.3 Å². The fourth-order valence-corrected chi connectivity index (χ4v) is 3.61. The van der Waals surface area contributed by atoms with Crippen LogP contribution in [-0.4, -0.2) is 18.4 Å². The first-order chi connectivity index (χ1) is 15.8. The number of halogens is 1. The van der Waals surface area contributed by atoms with E-state index >= 15 is 0 Å². The molecule has 4 rings (SSSR count). The normalized spacial score (nSPS) is 10.9. The van der Waals surface area contributed by atoms with E-state index in [2.05, 4.69) is 26.7 Å². The van der Waals surface area contributed by atoms with E-state index < -0.39 is 15.8 Å². The number of hydrogen-bond donors (Lipinski definition) is 3. The van der Waals surface area contributed by atoms with Gasteiger partial charge in [-0.3, -0.25) is 0 Å². The first-order valence-corrected chi connectivity index (χ1v) is 11.2. The first kappa shape index (κ1) is 21.9. The fraction of sp³-hybridized carbons (Fsp3) is 0. The topological polar surface area (TPSA) is 134 Å². The van der Waals surface area contributed by atoms with Gasteiger partial charge >= 0.3 is 0 Å². The van der Waals surface area contributed by atoms with Gasteiger partial charge in [0.15, 0.2) is 11.6 Å². The van der Waals surface area contributed by atoms with Crippen LogP contribution >= 0.6 is 0 Å². The van der Waals surface area contributed by atoms with E-state index in [1.165, 1.54) is 18.2 Å².